The summed E-state index contributed by atoms with van der Waals surface area (Å²) < 4.78 is 2.84. The number of carbonyl (C=O) groups is 1. The Bertz CT molecular complexity index is 822. The molecule has 0 aliphatic carbocycles. The third-order valence-corrected chi connectivity index (χ3v) is 5.07. The first-order valence-electron chi connectivity index (χ1n) is 6.62. The molecule has 21 heavy (non-hydrogen) atoms. The standard InChI is InChI=1S/C15H14ClN3OS/c1-3-19-9(2)11(8-17-19)18-15(20)14-13(16)10-6-4-5-7-12(10)21-14/h4-8H,3H2,1-2H3,(H,18,20). The number of rotatable bonds is 3. The molecular weight excluding hydrogens is 306 g/mol. The van der Waals surface area contributed by atoms with Crippen LogP contribution in [0.5, 0.6) is 0 Å². The van der Waals surface area contributed by atoms with E-state index in [1.165, 1.54) is 11.3 Å². The molecule has 1 amide bonds. The highest BCUT2D eigenvalue weighted by Gasteiger charge is 2.18. The third kappa shape index (κ3) is 2.43. The summed E-state index contributed by atoms with van der Waals surface area (Å²) in [5.41, 5.74) is 1.65. The Labute approximate surface area is 131 Å². The number of aromatic nitrogens is 2. The number of halogens is 1. The van der Waals surface area contributed by atoms with Gasteiger partial charge in [0.2, 0.25) is 0 Å². The van der Waals surface area contributed by atoms with Crippen LogP contribution in [0.1, 0.15) is 22.3 Å². The van der Waals surface area contributed by atoms with Gasteiger partial charge in [0.1, 0.15) is 4.88 Å². The van der Waals surface area contributed by atoms with Crippen molar-refractivity contribution in [2.75, 3.05) is 5.32 Å². The van der Waals surface area contributed by atoms with Crippen LogP contribution in [0.3, 0.4) is 0 Å². The lowest BCUT2D eigenvalue weighted by Gasteiger charge is -2.04. The maximum atomic E-state index is 12.4. The number of amides is 1. The van der Waals surface area contributed by atoms with Crippen molar-refractivity contribution in [2.45, 2.75) is 20.4 Å². The molecule has 3 aromatic rings. The zero-order valence-electron chi connectivity index (χ0n) is 11.7. The molecule has 2 heterocycles. The molecule has 108 valence electrons. The number of thiophene rings is 1. The zero-order valence-corrected chi connectivity index (χ0v) is 13.3. The fourth-order valence-corrected chi connectivity index (χ4v) is 3.64. The number of nitrogens with one attached hydrogen (secondary N) is 1. The molecule has 0 unspecified atom stereocenters. The molecule has 4 nitrogen and oxygen atoms in total. The number of anilines is 1. The lowest BCUT2D eigenvalue weighted by Crippen LogP contribution is -2.11. The number of nitrogens with zero attached hydrogens (tertiary/aromatic N) is 2. The van der Waals surface area contributed by atoms with Gasteiger partial charge in [-0.25, -0.2) is 0 Å². The number of hydrogen-bond donors (Lipinski definition) is 1. The predicted molar refractivity (Wildman–Crippen MR) is 87.4 cm³/mol. The van der Waals surface area contributed by atoms with E-state index in [0.29, 0.717) is 9.90 Å². The van der Waals surface area contributed by atoms with Crippen molar-refractivity contribution in [3.8, 4) is 0 Å². The summed E-state index contributed by atoms with van der Waals surface area (Å²) in [7, 11) is 0. The number of carbonyl (C=O) groups excluding carboxylic acids is 1. The SMILES string of the molecule is CCn1ncc(NC(=O)c2sc3ccccc3c2Cl)c1C. The van der Waals surface area contributed by atoms with Gasteiger partial charge in [-0.3, -0.25) is 9.48 Å². The van der Waals surface area contributed by atoms with Crippen molar-refractivity contribution in [3.05, 3.63) is 46.1 Å². The van der Waals surface area contributed by atoms with Gasteiger partial charge in [0.15, 0.2) is 0 Å². The topological polar surface area (TPSA) is 46.9 Å². The fourth-order valence-electron chi connectivity index (χ4n) is 2.23. The highest BCUT2D eigenvalue weighted by Crippen LogP contribution is 2.35. The Morgan fingerprint density at radius 2 is 2.19 bits per heavy atom. The van der Waals surface area contributed by atoms with Crippen LogP contribution < -0.4 is 5.32 Å². The zero-order chi connectivity index (χ0) is 15.0. The molecule has 3 rings (SSSR count). The molecule has 0 aliphatic rings. The van der Waals surface area contributed by atoms with Gasteiger partial charge in [0.05, 0.1) is 22.6 Å². The minimum Gasteiger partial charge on any atom is -0.318 e. The normalized spacial score (nSPS) is 11.0. The van der Waals surface area contributed by atoms with Gasteiger partial charge >= 0.3 is 0 Å². The molecule has 0 atom stereocenters. The molecule has 0 saturated carbocycles. The van der Waals surface area contributed by atoms with Crippen molar-refractivity contribution < 1.29 is 4.79 Å². The Morgan fingerprint density at radius 1 is 1.43 bits per heavy atom. The minimum atomic E-state index is -0.194. The molecule has 0 fully saturated rings. The first kappa shape index (κ1) is 14.1. The summed E-state index contributed by atoms with van der Waals surface area (Å²) >= 11 is 7.72. The number of benzene rings is 1. The van der Waals surface area contributed by atoms with Crippen LogP contribution in [0.4, 0.5) is 5.69 Å². The van der Waals surface area contributed by atoms with E-state index in [2.05, 4.69) is 10.4 Å². The summed E-state index contributed by atoms with van der Waals surface area (Å²) in [5, 5.41) is 8.53. The molecule has 2 aromatic heterocycles. The highest BCUT2D eigenvalue weighted by atomic mass is 35.5. The van der Waals surface area contributed by atoms with Crippen LogP contribution >= 0.6 is 22.9 Å². The van der Waals surface area contributed by atoms with Gasteiger partial charge in [0.25, 0.3) is 5.91 Å². The smallest absolute Gasteiger partial charge is 0.267 e. The summed E-state index contributed by atoms with van der Waals surface area (Å²) in [5.74, 6) is -0.194. The summed E-state index contributed by atoms with van der Waals surface area (Å²) in [6.07, 6.45) is 1.66. The van der Waals surface area contributed by atoms with E-state index < -0.39 is 0 Å². The van der Waals surface area contributed by atoms with Gasteiger partial charge in [0, 0.05) is 16.6 Å². The van der Waals surface area contributed by atoms with Crippen LogP contribution in [-0.2, 0) is 6.54 Å². The summed E-state index contributed by atoms with van der Waals surface area (Å²) in [6, 6.07) is 7.73. The van der Waals surface area contributed by atoms with Crippen LogP contribution in [0, 0.1) is 6.92 Å². The molecule has 0 radical (unpaired) electrons. The van der Waals surface area contributed by atoms with Gasteiger partial charge in [-0.15, -0.1) is 11.3 Å². The maximum Gasteiger partial charge on any atom is 0.267 e. The Balaban J connectivity index is 1.93. The van der Waals surface area contributed by atoms with Crippen LogP contribution in [-0.4, -0.2) is 15.7 Å². The molecule has 0 saturated heterocycles. The van der Waals surface area contributed by atoms with E-state index in [9.17, 15) is 4.79 Å². The second-order valence-corrected chi connectivity index (χ2v) is 6.09. The predicted octanol–water partition coefficient (Wildman–Crippen LogP) is 4.33. The van der Waals surface area contributed by atoms with E-state index >= 15 is 0 Å². The van der Waals surface area contributed by atoms with Crippen molar-refractivity contribution in [1.82, 2.24) is 9.78 Å². The molecule has 6 heteroatoms. The number of aryl methyl sites for hydroxylation is 1. The van der Waals surface area contributed by atoms with Crippen LogP contribution in [0.15, 0.2) is 30.5 Å². The Morgan fingerprint density at radius 3 is 2.86 bits per heavy atom. The molecular formula is C15H14ClN3OS. The second-order valence-electron chi connectivity index (χ2n) is 4.65. The Hall–Kier alpha value is -1.85. The molecule has 1 aromatic carbocycles. The average Bonchev–Trinajstić information content (AvgIpc) is 3.01. The monoisotopic (exact) mass is 319 g/mol. The lowest BCUT2D eigenvalue weighted by molar-refractivity contribution is 0.103. The summed E-state index contributed by atoms with van der Waals surface area (Å²) in [6.45, 7) is 4.71. The fraction of sp³-hybridized carbons (Fsp3) is 0.200. The highest BCUT2D eigenvalue weighted by molar-refractivity contribution is 7.21. The third-order valence-electron chi connectivity index (χ3n) is 3.39. The van der Waals surface area contributed by atoms with E-state index in [4.69, 9.17) is 11.6 Å². The maximum absolute atomic E-state index is 12.4. The quantitative estimate of drug-likeness (QED) is 0.781. The second kappa shape index (κ2) is 5.50. The summed E-state index contributed by atoms with van der Waals surface area (Å²) in [4.78, 5) is 13.0. The largest absolute Gasteiger partial charge is 0.318 e. The van der Waals surface area contributed by atoms with E-state index in [-0.39, 0.29) is 5.91 Å². The van der Waals surface area contributed by atoms with E-state index in [0.717, 1.165) is 28.0 Å². The average molecular weight is 320 g/mol. The van der Waals surface area contributed by atoms with Gasteiger partial charge in [-0.2, -0.15) is 5.10 Å². The van der Waals surface area contributed by atoms with Crippen molar-refractivity contribution in [3.63, 3.8) is 0 Å². The molecule has 0 bridgehead atoms. The van der Waals surface area contributed by atoms with Crippen LogP contribution in [0.2, 0.25) is 5.02 Å². The number of hydrogen-bond acceptors (Lipinski definition) is 3. The van der Waals surface area contributed by atoms with Crippen LogP contribution in [0.25, 0.3) is 10.1 Å². The molecule has 0 aliphatic heterocycles. The van der Waals surface area contributed by atoms with E-state index in [1.54, 1.807) is 6.20 Å². The first-order chi connectivity index (χ1) is 10.1. The van der Waals surface area contributed by atoms with Crippen molar-refractivity contribution in [1.29, 1.82) is 0 Å². The van der Waals surface area contributed by atoms with Crippen molar-refractivity contribution in [2.24, 2.45) is 0 Å². The van der Waals surface area contributed by atoms with Gasteiger partial charge < -0.3 is 5.32 Å². The van der Waals surface area contributed by atoms with E-state index in [1.807, 2.05) is 42.8 Å². The molecule has 1 N–H and O–H groups in total. The van der Waals surface area contributed by atoms with Gasteiger partial charge in [-0.1, -0.05) is 29.8 Å². The minimum absolute atomic E-state index is 0.194. The number of fused-ring (bicyclic) bond motifs is 1. The van der Waals surface area contributed by atoms with Gasteiger partial charge in [-0.05, 0) is 19.9 Å². The first-order valence-corrected chi connectivity index (χ1v) is 7.82. The lowest BCUT2D eigenvalue weighted by atomic mass is 10.2. The molecule has 0 spiro atoms. The Kier molecular flexibility index (Phi) is 3.69. The van der Waals surface area contributed by atoms with Crippen molar-refractivity contribution >= 4 is 44.6 Å².